The minimum absolute atomic E-state index is 0.0104. The highest BCUT2D eigenvalue weighted by Gasteiger charge is 2.34. The smallest absolute Gasteiger partial charge is 0.240 e. The van der Waals surface area contributed by atoms with Gasteiger partial charge in [-0.3, -0.25) is 4.90 Å². The number of aromatic nitrogens is 4. The van der Waals surface area contributed by atoms with E-state index in [9.17, 15) is 4.39 Å². The highest BCUT2D eigenvalue weighted by atomic mass is 19.1. The molecule has 2 atom stereocenters. The predicted octanol–water partition coefficient (Wildman–Crippen LogP) is 1.12. The quantitative estimate of drug-likeness (QED) is 0.670. The average Bonchev–Trinajstić information content (AvgIpc) is 3.21. The Hall–Kier alpha value is -2.33. The Morgan fingerprint density at radius 1 is 1.33 bits per heavy atom. The van der Waals surface area contributed by atoms with Crippen molar-refractivity contribution in [3.63, 3.8) is 0 Å². The van der Waals surface area contributed by atoms with Crippen molar-refractivity contribution in [1.82, 2.24) is 25.0 Å². The lowest BCUT2D eigenvalue weighted by Gasteiger charge is -2.29. The molecular weight excluding hydrogens is 353 g/mol. The van der Waals surface area contributed by atoms with Gasteiger partial charge in [0.2, 0.25) is 11.8 Å². The molecule has 0 spiro atoms. The Labute approximate surface area is 158 Å². The topological polar surface area (TPSA) is 83.7 Å². The van der Waals surface area contributed by atoms with Gasteiger partial charge in [-0.1, -0.05) is 5.16 Å². The number of nitrogens with zero attached hydrogens (tertiary/aromatic N) is 7. The van der Waals surface area contributed by atoms with Crippen LogP contribution in [0.3, 0.4) is 0 Å². The van der Waals surface area contributed by atoms with Crippen molar-refractivity contribution < 1.29 is 13.7 Å². The molecule has 0 amide bonds. The molecule has 0 unspecified atom stereocenters. The van der Waals surface area contributed by atoms with E-state index in [1.807, 2.05) is 41.9 Å². The lowest BCUT2D eigenvalue weighted by Crippen LogP contribution is -2.39. The van der Waals surface area contributed by atoms with Crippen molar-refractivity contribution >= 4 is 11.8 Å². The molecule has 3 heterocycles. The predicted molar refractivity (Wildman–Crippen MR) is 98.4 cm³/mol. The summed E-state index contributed by atoms with van der Waals surface area (Å²) in [7, 11) is 7.30. The fraction of sp³-hybridized carbons (Fsp3) is 0.647. The summed E-state index contributed by atoms with van der Waals surface area (Å²) >= 11 is 0. The second-order valence-electron chi connectivity index (χ2n) is 6.98. The van der Waals surface area contributed by atoms with Crippen LogP contribution in [0.15, 0.2) is 16.8 Å². The molecule has 0 bridgehead atoms. The molecule has 1 aliphatic rings. The fourth-order valence-corrected chi connectivity index (χ4v) is 3.23. The zero-order valence-electron chi connectivity index (χ0n) is 16.2. The Bertz CT molecular complexity index is 742. The molecule has 9 nitrogen and oxygen atoms in total. The highest BCUT2D eigenvalue weighted by molar-refractivity contribution is 5.45. The van der Waals surface area contributed by atoms with Crippen LogP contribution in [-0.2, 0) is 17.9 Å². The maximum Gasteiger partial charge on any atom is 0.240 e. The minimum atomic E-state index is -0.877. The molecule has 1 saturated heterocycles. The molecule has 27 heavy (non-hydrogen) atoms. The Morgan fingerprint density at radius 3 is 2.89 bits per heavy atom. The second-order valence-corrected chi connectivity index (χ2v) is 6.98. The van der Waals surface area contributed by atoms with Gasteiger partial charge < -0.3 is 19.1 Å². The third-order valence-electron chi connectivity index (χ3n) is 4.40. The van der Waals surface area contributed by atoms with Gasteiger partial charge >= 0.3 is 0 Å². The van der Waals surface area contributed by atoms with Crippen LogP contribution in [0.2, 0.25) is 0 Å². The van der Waals surface area contributed by atoms with Gasteiger partial charge in [-0.15, -0.1) is 0 Å². The second kappa shape index (κ2) is 8.57. The van der Waals surface area contributed by atoms with Crippen LogP contribution < -0.4 is 9.80 Å². The summed E-state index contributed by atoms with van der Waals surface area (Å²) in [5.74, 6) is 2.39. The van der Waals surface area contributed by atoms with Gasteiger partial charge in [-0.2, -0.15) is 9.97 Å². The summed E-state index contributed by atoms with van der Waals surface area (Å²) in [4.78, 5) is 19.0. The molecule has 3 rings (SSSR count). The summed E-state index contributed by atoms with van der Waals surface area (Å²) in [6.45, 7) is 1.80. The zero-order chi connectivity index (χ0) is 19.4. The number of hydrogen-bond donors (Lipinski definition) is 0. The van der Waals surface area contributed by atoms with Crippen LogP contribution in [0.25, 0.3) is 0 Å². The van der Waals surface area contributed by atoms with Crippen LogP contribution in [0.1, 0.15) is 18.1 Å². The molecule has 10 heteroatoms. The molecule has 148 valence electrons. The monoisotopic (exact) mass is 379 g/mol. The van der Waals surface area contributed by atoms with E-state index in [0.717, 1.165) is 5.82 Å². The average molecular weight is 379 g/mol. The molecule has 2 aromatic heterocycles. The number of halogens is 1. The summed E-state index contributed by atoms with van der Waals surface area (Å²) < 4.78 is 24.4. The molecule has 0 saturated carbocycles. The standard InChI is InChI=1S/C17H26FN7O2/c1-23(2)17-19-6-5-15(21-17)25-8-12(18)7-13(25)9-24(3)10-16-20-14(11-26-4)22-27-16/h5-6,12-13H,7-11H2,1-4H3/t12-,13-/m0/s1. The van der Waals surface area contributed by atoms with E-state index in [1.54, 1.807) is 13.3 Å². The number of ether oxygens (including phenoxy) is 1. The van der Waals surface area contributed by atoms with Crippen molar-refractivity contribution in [3.05, 3.63) is 24.0 Å². The number of alkyl halides is 1. The first-order valence-electron chi connectivity index (χ1n) is 8.86. The van der Waals surface area contributed by atoms with Crippen LogP contribution in [-0.4, -0.2) is 78.6 Å². The van der Waals surface area contributed by atoms with Gasteiger partial charge in [0.05, 0.1) is 13.1 Å². The van der Waals surface area contributed by atoms with Crippen molar-refractivity contribution in [2.45, 2.75) is 31.8 Å². The first-order valence-corrected chi connectivity index (χ1v) is 8.86. The van der Waals surface area contributed by atoms with E-state index >= 15 is 0 Å². The summed E-state index contributed by atoms with van der Waals surface area (Å²) in [5, 5.41) is 3.86. The summed E-state index contributed by atoms with van der Waals surface area (Å²) in [5.41, 5.74) is 0. The van der Waals surface area contributed by atoms with Crippen molar-refractivity contribution in [2.24, 2.45) is 0 Å². The Morgan fingerprint density at radius 2 is 2.15 bits per heavy atom. The number of anilines is 2. The molecule has 0 radical (unpaired) electrons. The summed E-state index contributed by atoms with van der Waals surface area (Å²) in [6.07, 6.45) is 1.29. The van der Waals surface area contributed by atoms with Crippen LogP contribution >= 0.6 is 0 Å². The number of rotatable bonds is 8. The summed E-state index contributed by atoms with van der Waals surface area (Å²) in [6, 6.07) is 1.84. The van der Waals surface area contributed by atoms with Gasteiger partial charge in [-0.25, -0.2) is 9.37 Å². The van der Waals surface area contributed by atoms with E-state index in [0.29, 0.717) is 50.3 Å². The Balaban J connectivity index is 1.65. The largest absolute Gasteiger partial charge is 0.377 e. The van der Waals surface area contributed by atoms with Crippen LogP contribution in [0.4, 0.5) is 16.2 Å². The number of hydrogen-bond acceptors (Lipinski definition) is 9. The third kappa shape index (κ3) is 4.89. The molecule has 0 aliphatic carbocycles. The molecule has 1 aliphatic heterocycles. The molecule has 1 fully saturated rings. The Kier molecular flexibility index (Phi) is 6.17. The highest BCUT2D eigenvalue weighted by Crippen LogP contribution is 2.27. The first-order chi connectivity index (χ1) is 13.0. The maximum atomic E-state index is 14.2. The number of methoxy groups -OCH3 is 1. The van der Waals surface area contributed by atoms with Gasteiger partial charge in [0, 0.05) is 46.4 Å². The van der Waals surface area contributed by atoms with E-state index < -0.39 is 6.17 Å². The van der Waals surface area contributed by atoms with Gasteiger partial charge in [-0.05, 0) is 13.1 Å². The lowest BCUT2D eigenvalue weighted by atomic mass is 10.2. The van der Waals surface area contributed by atoms with Gasteiger partial charge in [0.25, 0.3) is 0 Å². The molecule has 2 aromatic rings. The third-order valence-corrected chi connectivity index (χ3v) is 4.40. The van der Waals surface area contributed by atoms with Crippen LogP contribution in [0, 0.1) is 0 Å². The lowest BCUT2D eigenvalue weighted by molar-refractivity contribution is 0.174. The van der Waals surface area contributed by atoms with Crippen LogP contribution in [0.5, 0.6) is 0 Å². The van der Waals surface area contributed by atoms with Crippen molar-refractivity contribution in [3.8, 4) is 0 Å². The van der Waals surface area contributed by atoms with Crippen molar-refractivity contribution in [2.75, 3.05) is 51.1 Å². The van der Waals surface area contributed by atoms with E-state index in [-0.39, 0.29) is 6.04 Å². The molecule has 0 N–H and O–H groups in total. The fourth-order valence-electron chi connectivity index (χ4n) is 3.23. The maximum absolute atomic E-state index is 14.2. The van der Waals surface area contributed by atoms with E-state index in [1.165, 1.54) is 0 Å². The first kappa shape index (κ1) is 19.4. The van der Waals surface area contributed by atoms with Gasteiger partial charge in [0.15, 0.2) is 5.82 Å². The minimum Gasteiger partial charge on any atom is -0.377 e. The number of likely N-dealkylation sites (N-methyl/N-ethyl adjacent to an activating group) is 1. The van der Waals surface area contributed by atoms with E-state index in [4.69, 9.17) is 9.26 Å². The molecule has 0 aromatic carbocycles. The normalized spacial score (nSPS) is 19.9. The zero-order valence-corrected chi connectivity index (χ0v) is 16.2. The van der Waals surface area contributed by atoms with Gasteiger partial charge in [0.1, 0.15) is 18.6 Å². The van der Waals surface area contributed by atoms with E-state index in [2.05, 4.69) is 20.1 Å². The van der Waals surface area contributed by atoms with Crippen molar-refractivity contribution in [1.29, 1.82) is 0 Å². The SMILES string of the molecule is COCc1noc(CN(C)C[C@@H]2C[C@H](F)CN2c2ccnc(N(C)C)n2)n1. The molecular formula is C17H26FN7O2.